The second kappa shape index (κ2) is 10.3. The molecule has 0 aliphatic rings. The summed E-state index contributed by atoms with van der Waals surface area (Å²) in [6, 6.07) is 16.5. The van der Waals surface area contributed by atoms with E-state index in [2.05, 4.69) is 15.0 Å². The van der Waals surface area contributed by atoms with E-state index in [-0.39, 0.29) is 29.3 Å². The molecule has 0 saturated carbocycles. The van der Waals surface area contributed by atoms with Crippen LogP contribution in [0.5, 0.6) is 11.5 Å². The van der Waals surface area contributed by atoms with Crippen molar-refractivity contribution in [2.75, 3.05) is 0 Å². The smallest absolute Gasteiger partial charge is 0.251 e. The summed E-state index contributed by atoms with van der Waals surface area (Å²) in [6.07, 6.45) is 4.51. The monoisotopic (exact) mass is 481 g/mol. The number of halogens is 1. The Morgan fingerprint density at radius 2 is 1.85 bits per heavy atom. The van der Waals surface area contributed by atoms with Crippen molar-refractivity contribution in [3.05, 3.63) is 108 Å². The molecule has 0 saturated heterocycles. The maximum Gasteiger partial charge on any atom is 0.251 e. The summed E-state index contributed by atoms with van der Waals surface area (Å²) in [4.78, 5) is 16.4. The molecule has 4 rings (SSSR count). The fourth-order valence-electron chi connectivity index (χ4n) is 3.00. The highest BCUT2D eigenvalue weighted by atomic mass is 32.2. The standard InChI is InChI=1S/C24H20FN3O5S/c25-22-13-17(5-10-23(22)33-20-3-1-11-26-15-20)14-27-24(29)18-6-8-21(9-7-18)34(30,31)28-16-19-4-2-12-32-19/h1-13,15,28H,14,16H2,(H,27,29). The molecule has 0 spiro atoms. The maximum atomic E-state index is 14.4. The number of pyridine rings is 1. The molecule has 2 heterocycles. The van der Waals surface area contributed by atoms with Gasteiger partial charge in [-0.1, -0.05) is 6.07 Å². The summed E-state index contributed by atoms with van der Waals surface area (Å²) in [5.74, 6) is -0.0758. The predicted octanol–water partition coefficient (Wildman–Crippen LogP) is 4.01. The summed E-state index contributed by atoms with van der Waals surface area (Å²) in [6.45, 7) is 0.0911. The second-order valence-electron chi connectivity index (χ2n) is 7.17. The molecule has 0 fully saturated rings. The minimum Gasteiger partial charge on any atom is -0.468 e. The quantitative estimate of drug-likeness (QED) is 0.374. The van der Waals surface area contributed by atoms with Crippen molar-refractivity contribution < 1.29 is 26.8 Å². The van der Waals surface area contributed by atoms with Gasteiger partial charge in [0, 0.05) is 18.3 Å². The number of sulfonamides is 1. The zero-order valence-corrected chi connectivity index (χ0v) is 18.6. The van der Waals surface area contributed by atoms with Crippen molar-refractivity contribution in [1.82, 2.24) is 15.0 Å². The third-order valence-corrected chi connectivity index (χ3v) is 6.17. The lowest BCUT2D eigenvalue weighted by Gasteiger charge is -2.10. The molecule has 0 radical (unpaired) electrons. The first-order chi connectivity index (χ1) is 16.4. The average Bonchev–Trinajstić information content (AvgIpc) is 3.37. The van der Waals surface area contributed by atoms with Gasteiger partial charge >= 0.3 is 0 Å². The van der Waals surface area contributed by atoms with E-state index in [9.17, 15) is 17.6 Å². The average molecular weight is 482 g/mol. The fourth-order valence-corrected chi connectivity index (χ4v) is 4.00. The Morgan fingerprint density at radius 3 is 2.53 bits per heavy atom. The normalized spacial score (nSPS) is 11.2. The van der Waals surface area contributed by atoms with Gasteiger partial charge in [-0.3, -0.25) is 9.78 Å². The molecule has 0 aliphatic heterocycles. The number of nitrogens with zero attached hydrogens (tertiary/aromatic N) is 1. The van der Waals surface area contributed by atoms with E-state index in [0.29, 0.717) is 17.1 Å². The van der Waals surface area contributed by atoms with Crippen molar-refractivity contribution in [3.8, 4) is 11.5 Å². The van der Waals surface area contributed by atoms with Crippen molar-refractivity contribution in [3.63, 3.8) is 0 Å². The highest BCUT2D eigenvalue weighted by Gasteiger charge is 2.16. The molecule has 174 valence electrons. The van der Waals surface area contributed by atoms with Crippen LogP contribution in [0.2, 0.25) is 0 Å². The van der Waals surface area contributed by atoms with Gasteiger partial charge < -0.3 is 14.5 Å². The van der Waals surface area contributed by atoms with Crippen molar-refractivity contribution in [1.29, 1.82) is 0 Å². The maximum absolute atomic E-state index is 14.4. The first-order valence-electron chi connectivity index (χ1n) is 10.2. The molecule has 2 N–H and O–H groups in total. The summed E-state index contributed by atoms with van der Waals surface area (Å²) in [5, 5.41) is 2.68. The molecule has 2 aromatic heterocycles. The van der Waals surface area contributed by atoms with Gasteiger partial charge in [-0.25, -0.2) is 17.5 Å². The summed E-state index contributed by atoms with van der Waals surface area (Å²) in [5.41, 5.74) is 0.799. The zero-order chi connectivity index (χ0) is 24.0. The number of benzene rings is 2. The molecule has 10 heteroatoms. The third-order valence-electron chi connectivity index (χ3n) is 4.75. The van der Waals surface area contributed by atoms with E-state index in [1.54, 1.807) is 36.5 Å². The molecule has 2 aromatic carbocycles. The van der Waals surface area contributed by atoms with Gasteiger partial charge in [-0.2, -0.15) is 0 Å². The number of furan rings is 1. The number of hydrogen-bond acceptors (Lipinski definition) is 6. The van der Waals surface area contributed by atoms with Gasteiger partial charge in [-0.05, 0) is 66.2 Å². The largest absolute Gasteiger partial charge is 0.468 e. The van der Waals surface area contributed by atoms with Gasteiger partial charge in [0.05, 0.1) is 23.9 Å². The van der Waals surface area contributed by atoms with Crippen LogP contribution in [0.4, 0.5) is 4.39 Å². The number of amides is 1. The predicted molar refractivity (Wildman–Crippen MR) is 121 cm³/mol. The fraction of sp³-hybridized carbons (Fsp3) is 0.0833. The summed E-state index contributed by atoms with van der Waals surface area (Å²) < 4.78 is 52.1. The van der Waals surface area contributed by atoms with Crippen molar-refractivity contribution in [2.24, 2.45) is 0 Å². The van der Waals surface area contributed by atoms with Crippen LogP contribution < -0.4 is 14.8 Å². The number of aromatic nitrogens is 1. The Hall–Kier alpha value is -4.02. The molecule has 0 unspecified atom stereocenters. The molecule has 0 atom stereocenters. The van der Waals surface area contributed by atoms with Crippen LogP contribution in [-0.2, 0) is 23.1 Å². The molecule has 0 aliphatic carbocycles. The van der Waals surface area contributed by atoms with Crippen LogP contribution >= 0.6 is 0 Å². The molecule has 34 heavy (non-hydrogen) atoms. The van der Waals surface area contributed by atoms with E-state index < -0.39 is 21.7 Å². The van der Waals surface area contributed by atoms with E-state index in [1.807, 2.05) is 0 Å². The molecular formula is C24H20FN3O5S. The van der Waals surface area contributed by atoms with Gasteiger partial charge in [-0.15, -0.1) is 0 Å². The Bertz CT molecular complexity index is 1360. The van der Waals surface area contributed by atoms with E-state index in [4.69, 9.17) is 9.15 Å². The van der Waals surface area contributed by atoms with E-state index >= 15 is 0 Å². The first kappa shape index (κ1) is 23.1. The van der Waals surface area contributed by atoms with Crippen molar-refractivity contribution in [2.45, 2.75) is 18.0 Å². The summed E-state index contributed by atoms with van der Waals surface area (Å²) in [7, 11) is -3.76. The van der Waals surface area contributed by atoms with Gasteiger partial charge in [0.25, 0.3) is 5.91 Å². The first-order valence-corrected chi connectivity index (χ1v) is 11.7. The lowest BCUT2D eigenvalue weighted by atomic mass is 10.2. The Labute approximate surface area is 195 Å². The number of ether oxygens (including phenoxy) is 1. The summed E-state index contributed by atoms with van der Waals surface area (Å²) >= 11 is 0. The Balaban J connectivity index is 1.33. The van der Waals surface area contributed by atoms with Crippen LogP contribution in [0.15, 0.2) is 94.7 Å². The molecule has 4 aromatic rings. The van der Waals surface area contributed by atoms with Gasteiger partial charge in [0.1, 0.15) is 11.5 Å². The van der Waals surface area contributed by atoms with E-state index in [0.717, 1.165) is 0 Å². The number of hydrogen-bond donors (Lipinski definition) is 2. The minimum atomic E-state index is -3.76. The lowest BCUT2D eigenvalue weighted by Crippen LogP contribution is -2.24. The van der Waals surface area contributed by atoms with Crippen LogP contribution in [0.25, 0.3) is 0 Å². The molecular weight excluding hydrogens is 461 g/mol. The Kier molecular flexibility index (Phi) is 7.00. The van der Waals surface area contributed by atoms with Crippen molar-refractivity contribution >= 4 is 15.9 Å². The van der Waals surface area contributed by atoms with Crippen LogP contribution in [0.3, 0.4) is 0 Å². The highest BCUT2D eigenvalue weighted by Crippen LogP contribution is 2.24. The Morgan fingerprint density at radius 1 is 1.03 bits per heavy atom. The van der Waals surface area contributed by atoms with Crippen LogP contribution in [0, 0.1) is 5.82 Å². The van der Waals surface area contributed by atoms with E-state index in [1.165, 1.54) is 48.9 Å². The van der Waals surface area contributed by atoms with Gasteiger partial charge in [0.2, 0.25) is 10.0 Å². The number of carbonyl (C=O) groups is 1. The van der Waals surface area contributed by atoms with Gasteiger partial charge in [0.15, 0.2) is 11.6 Å². The molecule has 8 nitrogen and oxygen atoms in total. The third kappa shape index (κ3) is 5.85. The topological polar surface area (TPSA) is 111 Å². The second-order valence-corrected chi connectivity index (χ2v) is 8.93. The lowest BCUT2D eigenvalue weighted by molar-refractivity contribution is 0.0950. The van der Waals surface area contributed by atoms with Crippen LogP contribution in [0.1, 0.15) is 21.7 Å². The minimum absolute atomic E-state index is 0.0141. The highest BCUT2D eigenvalue weighted by molar-refractivity contribution is 7.89. The van der Waals surface area contributed by atoms with Crippen LogP contribution in [-0.4, -0.2) is 19.3 Å². The number of rotatable bonds is 9. The zero-order valence-electron chi connectivity index (χ0n) is 17.8. The SMILES string of the molecule is O=C(NCc1ccc(Oc2cccnc2)c(F)c1)c1ccc(S(=O)(=O)NCc2ccco2)cc1. The number of nitrogens with one attached hydrogen (secondary N) is 2. The molecule has 1 amide bonds. The molecule has 0 bridgehead atoms. The number of carbonyl (C=O) groups excluding carboxylic acids is 1.